The number of carboxylic acid groups (broad SMARTS) is 1. The lowest BCUT2D eigenvalue weighted by Gasteiger charge is -2.19. The number of carbonyl (C=O) groups is 2. The van der Waals surface area contributed by atoms with Crippen LogP contribution in [-0.4, -0.2) is 17.0 Å². The molecule has 0 aromatic heterocycles. The van der Waals surface area contributed by atoms with Crippen LogP contribution in [0.15, 0.2) is 18.2 Å². The second kappa shape index (κ2) is 3.87. The first-order chi connectivity index (χ1) is 7.88. The number of carbonyl (C=O) groups excluding carboxylic acids is 1. The smallest absolute Gasteiger partial charge is 0.309 e. The SMILES string of the molecule is CC(C)(Cc1ccc2c(c1)CC(=O)N2)C(=O)O. The fourth-order valence-corrected chi connectivity index (χ4v) is 1.98. The summed E-state index contributed by atoms with van der Waals surface area (Å²) in [6.45, 7) is 3.40. The molecule has 0 fully saturated rings. The van der Waals surface area contributed by atoms with Crippen molar-refractivity contribution in [3.05, 3.63) is 29.3 Å². The minimum Gasteiger partial charge on any atom is -0.481 e. The molecule has 90 valence electrons. The molecule has 2 N–H and O–H groups in total. The molecule has 1 heterocycles. The summed E-state index contributed by atoms with van der Waals surface area (Å²) >= 11 is 0. The minimum atomic E-state index is -0.813. The number of anilines is 1. The number of benzene rings is 1. The van der Waals surface area contributed by atoms with E-state index < -0.39 is 11.4 Å². The molecule has 0 radical (unpaired) electrons. The van der Waals surface area contributed by atoms with E-state index in [-0.39, 0.29) is 5.91 Å². The van der Waals surface area contributed by atoms with E-state index in [1.54, 1.807) is 13.8 Å². The van der Waals surface area contributed by atoms with Crippen LogP contribution >= 0.6 is 0 Å². The Morgan fingerprint density at radius 2 is 2.18 bits per heavy atom. The van der Waals surface area contributed by atoms with E-state index in [1.165, 1.54) is 0 Å². The Morgan fingerprint density at radius 1 is 1.47 bits per heavy atom. The van der Waals surface area contributed by atoms with Gasteiger partial charge in [0, 0.05) is 5.69 Å². The van der Waals surface area contributed by atoms with Crippen LogP contribution in [0.3, 0.4) is 0 Å². The number of rotatable bonds is 3. The topological polar surface area (TPSA) is 66.4 Å². The molecule has 0 bridgehead atoms. The van der Waals surface area contributed by atoms with Crippen LogP contribution < -0.4 is 5.32 Å². The van der Waals surface area contributed by atoms with Gasteiger partial charge in [-0.05, 0) is 37.5 Å². The molecule has 1 aromatic rings. The molecule has 17 heavy (non-hydrogen) atoms. The van der Waals surface area contributed by atoms with Crippen LogP contribution in [0.4, 0.5) is 5.69 Å². The molecule has 0 aliphatic carbocycles. The zero-order valence-corrected chi connectivity index (χ0v) is 9.91. The Kier molecular flexibility index (Phi) is 2.65. The summed E-state index contributed by atoms with van der Waals surface area (Å²) in [6.07, 6.45) is 0.848. The maximum atomic E-state index is 11.2. The fourth-order valence-electron chi connectivity index (χ4n) is 1.98. The third-order valence-electron chi connectivity index (χ3n) is 3.02. The average molecular weight is 233 g/mol. The molecule has 2 rings (SSSR count). The lowest BCUT2D eigenvalue weighted by molar-refractivity contribution is -0.146. The van der Waals surface area contributed by atoms with Gasteiger partial charge >= 0.3 is 5.97 Å². The summed E-state index contributed by atoms with van der Waals surface area (Å²) in [7, 11) is 0. The van der Waals surface area contributed by atoms with E-state index in [9.17, 15) is 9.59 Å². The highest BCUT2D eigenvalue weighted by atomic mass is 16.4. The summed E-state index contributed by atoms with van der Waals surface area (Å²) in [6, 6.07) is 5.63. The molecule has 0 saturated carbocycles. The molecule has 4 heteroatoms. The molecular formula is C13H15NO3. The minimum absolute atomic E-state index is 0.00496. The highest BCUT2D eigenvalue weighted by Gasteiger charge is 2.28. The van der Waals surface area contributed by atoms with E-state index in [4.69, 9.17) is 5.11 Å². The van der Waals surface area contributed by atoms with Crippen LogP contribution in [0.25, 0.3) is 0 Å². The number of carboxylic acids is 1. The Hall–Kier alpha value is -1.84. The third-order valence-corrected chi connectivity index (χ3v) is 3.02. The van der Waals surface area contributed by atoms with Crippen LogP contribution in [-0.2, 0) is 22.4 Å². The van der Waals surface area contributed by atoms with Crippen LogP contribution in [0.1, 0.15) is 25.0 Å². The van der Waals surface area contributed by atoms with Gasteiger partial charge in [0.1, 0.15) is 0 Å². The maximum Gasteiger partial charge on any atom is 0.309 e. The van der Waals surface area contributed by atoms with E-state index in [0.29, 0.717) is 12.8 Å². The molecular weight excluding hydrogens is 218 g/mol. The summed E-state index contributed by atoms with van der Waals surface area (Å²) < 4.78 is 0. The fraction of sp³-hybridized carbons (Fsp3) is 0.385. The second-order valence-electron chi connectivity index (χ2n) is 5.08. The van der Waals surface area contributed by atoms with Crippen molar-refractivity contribution in [3.63, 3.8) is 0 Å². The quantitative estimate of drug-likeness (QED) is 0.837. The lowest BCUT2D eigenvalue weighted by Crippen LogP contribution is -2.26. The Bertz CT molecular complexity index is 491. The summed E-state index contributed by atoms with van der Waals surface area (Å²) in [5.74, 6) is -0.818. The molecule has 1 aromatic carbocycles. The van der Waals surface area contributed by atoms with Gasteiger partial charge in [0.05, 0.1) is 11.8 Å². The first-order valence-corrected chi connectivity index (χ1v) is 5.53. The predicted octanol–water partition coefficient (Wildman–Crippen LogP) is 1.83. The van der Waals surface area contributed by atoms with E-state index in [2.05, 4.69) is 5.32 Å². The highest BCUT2D eigenvalue weighted by molar-refractivity contribution is 5.99. The number of hydrogen-bond donors (Lipinski definition) is 2. The van der Waals surface area contributed by atoms with Crippen molar-refractivity contribution >= 4 is 17.6 Å². The van der Waals surface area contributed by atoms with Gasteiger partial charge in [-0.15, -0.1) is 0 Å². The molecule has 0 unspecified atom stereocenters. The van der Waals surface area contributed by atoms with Gasteiger partial charge in [-0.3, -0.25) is 9.59 Å². The van der Waals surface area contributed by atoms with Gasteiger partial charge in [0.2, 0.25) is 5.91 Å². The Balaban J connectivity index is 2.22. The second-order valence-corrected chi connectivity index (χ2v) is 5.08. The molecule has 0 saturated heterocycles. The van der Waals surface area contributed by atoms with Crippen LogP contribution in [0, 0.1) is 5.41 Å². The van der Waals surface area contributed by atoms with Crippen molar-refractivity contribution in [2.24, 2.45) is 5.41 Å². The largest absolute Gasteiger partial charge is 0.481 e. The van der Waals surface area contributed by atoms with Gasteiger partial charge in [0.15, 0.2) is 0 Å². The molecule has 0 spiro atoms. The maximum absolute atomic E-state index is 11.2. The summed E-state index contributed by atoms with van der Waals surface area (Å²) in [4.78, 5) is 22.2. The van der Waals surface area contributed by atoms with Gasteiger partial charge < -0.3 is 10.4 Å². The predicted molar refractivity (Wildman–Crippen MR) is 63.9 cm³/mol. The first kappa shape index (κ1) is 11.6. The monoisotopic (exact) mass is 233 g/mol. The van der Waals surface area contributed by atoms with Gasteiger partial charge in [-0.2, -0.15) is 0 Å². The van der Waals surface area contributed by atoms with Gasteiger partial charge in [-0.1, -0.05) is 12.1 Å². The lowest BCUT2D eigenvalue weighted by atomic mass is 9.85. The van der Waals surface area contributed by atoms with Crippen molar-refractivity contribution < 1.29 is 14.7 Å². The van der Waals surface area contributed by atoms with Crippen molar-refractivity contribution in [3.8, 4) is 0 Å². The van der Waals surface area contributed by atoms with E-state index in [1.807, 2.05) is 18.2 Å². The molecule has 4 nitrogen and oxygen atoms in total. The van der Waals surface area contributed by atoms with Gasteiger partial charge in [-0.25, -0.2) is 0 Å². The zero-order valence-electron chi connectivity index (χ0n) is 9.91. The van der Waals surface area contributed by atoms with E-state index >= 15 is 0 Å². The normalized spacial score (nSPS) is 14.4. The first-order valence-electron chi connectivity index (χ1n) is 5.53. The molecule has 0 atom stereocenters. The van der Waals surface area contributed by atoms with Crippen molar-refractivity contribution in [1.29, 1.82) is 0 Å². The number of aliphatic carboxylic acids is 1. The van der Waals surface area contributed by atoms with Crippen molar-refractivity contribution in [1.82, 2.24) is 0 Å². The number of fused-ring (bicyclic) bond motifs is 1. The zero-order chi connectivity index (χ0) is 12.6. The molecule has 1 amide bonds. The number of amides is 1. The number of hydrogen-bond acceptors (Lipinski definition) is 2. The van der Waals surface area contributed by atoms with Gasteiger partial charge in [0.25, 0.3) is 0 Å². The van der Waals surface area contributed by atoms with Crippen LogP contribution in [0.2, 0.25) is 0 Å². The summed E-state index contributed by atoms with van der Waals surface area (Å²) in [5, 5.41) is 11.8. The Labute approximate surface area is 99.6 Å². The number of nitrogens with one attached hydrogen (secondary N) is 1. The Morgan fingerprint density at radius 3 is 2.82 bits per heavy atom. The van der Waals surface area contributed by atoms with Crippen molar-refractivity contribution in [2.75, 3.05) is 5.32 Å². The van der Waals surface area contributed by atoms with E-state index in [0.717, 1.165) is 16.8 Å². The molecule has 1 aliphatic rings. The van der Waals surface area contributed by atoms with Crippen LogP contribution in [0.5, 0.6) is 0 Å². The summed E-state index contributed by atoms with van der Waals surface area (Å²) in [5.41, 5.74) is 1.96. The highest BCUT2D eigenvalue weighted by Crippen LogP contribution is 2.28. The van der Waals surface area contributed by atoms with Crippen molar-refractivity contribution in [2.45, 2.75) is 26.7 Å². The third kappa shape index (κ3) is 2.30. The molecule has 1 aliphatic heterocycles. The average Bonchev–Trinajstić information content (AvgIpc) is 2.56. The standard InChI is InChI=1S/C13H15NO3/c1-13(2,12(16)17)7-8-3-4-10-9(5-8)6-11(15)14-10/h3-5H,6-7H2,1-2H3,(H,14,15)(H,16,17).